The minimum Gasteiger partial charge on any atom is -0.321 e. The lowest BCUT2D eigenvalue weighted by Crippen LogP contribution is -2.21. The molecule has 4 rings (SSSR count). The van der Waals surface area contributed by atoms with E-state index in [0.717, 1.165) is 23.2 Å². The van der Waals surface area contributed by atoms with Gasteiger partial charge in [0.2, 0.25) is 0 Å². The maximum atomic E-state index is 13.8. The van der Waals surface area contributed by atoms with Crippen molar-refractivity contribution >= 4 is 11.6 Å². The molecule has 2 aromatic heterocycles. The van der Waals surface area contributed by atoms with Crippen LogP contribution in [-0.4, -0.2) is 20.7 Å². The Morgan fingerprint density at radius 2 is 1.89 bits per heavy atom. The van der Waals surface area contributed by atoms with Crippen molar-refractivity contribution in [3.63, 3.8) is 0 Å². The first-order chi connectivity index (χ1) is 13.3. The molecule has 144 valence electrons. The first-order valence-electron chi connectivity index (χ1n) is 8.81. The number of aryl methyl sites for hydroxylation is 1. The molecule has 2 heterocycles. The zero-order valence-electron chi connectivity index (χ0n) is 15.0. The van der Waals surface area contributed by atoms with Crippen molar-refractivity contribution in [1.29, 1.82) is 0 Å². The Bertz CT molecular complexity index is 1020. The van der Waals surface area contributed by atoms with Crippen LogP contribution in [0.3, 0.4) is 0 Å². The van der Waals surface area contributed by atoms with Crippen LogP contribution in [-0.2, 0) is 13.2 Å². The number of anilines is 1. The summed E-state index contributed by atoms with van der Waals surface area (Å²) < 4.78 is 42.5. The van der Waals surface area contributed by atoms with Crippen LogP contribution in [0.5, 0.6) is 0 Å². The molecular formula is C20H17F3N4O. The number of alkyl halides is 3. The summed E-state index contributed by atoms with van der Waals surface area (Å²) in [7, 11) is 1.33. The lowest BCUT2D eigenvalue weighted by Gasteiger charge is -2.11. The predicted molar refractivity (Wildman–Crippen MR) is 97.8 cm³/mol. The van der Waals surface area contributed by atoms with Crippen LogP contribution in [0, 0.1) is 0 Å². The Kier molecular flexibility index (Phi) is 4.41. The molecular weight excluding hydrogens is 369 g/mol. The molecule has 1 fully saturated rings. The summed E-state index contributed by atoms with van der Waals surface area (Å²) in [4.78, 5) is 17.0. The van der Waals surface area contributed by atoms with E-state index < -0.39 is 23.3 Å². The monoisotopic (exact) mass is 386 g/mol. The van der Waals surface area contributed by atoms with Crippen LogP contribution in [0.25, 0.3) is 11.3 Å². The molecule has 5 nitrogen and oxygen atoms in total. The highest BCUT2D eigenvalue weighted by molar-refractivity contribution is 6.05. The van der Waals surface area contributed by atoms with Crippen molar-refractivity contribution in [2.24, 2.45) is 7.05 Å². The Morgan fingerprint density at radius 1 is 1.18 bits per heavy atom. The van der Waals surface area contributed by atoms with Crippen LogP contribution < -0.4 is 5.32 Å². The van der Waals surface area contributed by atoms with Gasteiger partial charge in [0, 0.05) is 36.1 Å². The molecule has 0 atom stereocenters. The van der Waals surface area contributed by atoms with Gasteiger partial charge in [-0.15, -0.1) is 0 Å². The van der Waals surface area contributed by atoms with E-state index in [1.165, 1.54) is 19.2 Å². The summed E-state index contributed by atoms with van der Waals surface area (Å²) in [5, 5.41) is 6.55. The third kappa shape index (κ3) is 3.49. The molecule has 3 aromatic rings. The van der Waals surface area contributed by atoms with Crippen LogP contribution in [0.15, 0.2) is 48.7 Å². The molecule has 0 spiro atoms. The molecule has 0 saturated heterocycles. The van der Waals surface area contributed by atoms with Crippen molar-refractivity contribution in [2.75, 3.05) is 5.32 Å². The van der Waals surface area contributed by atoms with Crippen molar-refractivity contribution in [3.8, 4) is 11.3 Å². The number of halogens is 3. The van der Waals surface area contributed by atoms with Crippen molar-refractivity contribution < 1.29 is 18.0 Å². The average molecular weight is 386 g/mol. The number of pyridine rings is 1. The molecule has 1 aliphatic carbocycles. The minimum atomic E-state index is -4.73. The Hall–Kier alpha value is -3.16. The fraction of sp³-hybridized carbons (Fsp3) is 0.250. The SMILES string of the molecule is Cn1nc(-c2ccccc2)c(C(F)(F)F)c1C(=O)Nc1ccnc(C2CC2)c1. The molecule has 1 amide bonds. The molecule has 8 heteroatoms. The van der Waals surface area contributed by atoms with E-state index in [9.17, 15) is 18.0 Å². The maximum Gasteiger partial charge on any atom is 0.420 e. The molecule has 28 heavy (non-hydrogen) atoms. The summed E-state index contributed by atoms with van der Waals surface area (Å²) in [6.07, 6.45) is -1.12. The van der Waals surface area contributed by atoms with Gasteiger partial charge >= 0.3 is 6.18 Å². The average Bonchev–Trinajstić information content (AvgIpc) is 3.44. The number of rotatable bonds is 4. The minimum absolute atomic E-state index is 0.269. The second kappa shape index (κ2) is 6.78. The summed E-state index contributed by atoms with van der Waals surface area (Å²) >= 11 is 0. The number of aromatic nitrogens is 3. The van der Waals surface area contributed by atoms with Crippen LogP contribution in [0.2, 0.25) is 0 Å². The lowest BCUT2D eigenvalue weighted by molar-refractivity contribution is -0.137. The van der Waals surface area contributed by atoms with Gasteiger partial charge in [0.15, 0.2) is 0 Å². The van der Waals surface area contributed by atoms with E-state index in [0.29, 0.717) is 17.2 Å². The molecule has 0 aliphatic heterocycles. The number of nitrogens with zero attached hydrogens (tertiary/aromatic N) is 3. The number of amides is 1. The largest absolute Gasteiger partial charge is 0.420 e. The normalized spacial score (nSPS) is 14.1. The quantitative estimate of drug-likeness (QED) is 0.711. The Balaban J connectivity index is 1.73. The van der Waals surface area contributed by atoms with Crippen LogP contribution in [0.1, 0.15) is 40.5 Å². The zero-order valence-corrected chi connectivity index (χ0v) is 15.0. The number of benzene rings is 1. The highest BCUT2D eigenvalue weighted by Gasteiger charge is 2.42. The smallest absolute Gasteiger partial charge is 0.321 e. The molecule has 1 aromatic carbocycles. The van der Waals surface area contributed by atoms with Crippen molar-refractivity contribution in [3.05, 3.63) is 65.6 Å². The topological polar surface area (TPSA) is 59.8 Å². The third-order valence-electron chi connectivity index (χ3n) is 4.63. The Morgan fingerprint density at radius 3 is 2.54 bits per heavy atom. The van der Waals surface area contributed by atoms with Gasteiger partial charge in [-0.05, 0) is 25.0 Å². The summed E-state index contributed by atoms with van der Waals surface area (Å²) in [6, 6.07) is 11.3. The van der Waals surface area contributed by atoms with E-state index >= 15 is 0 Å². The first-order valence-corrected chi connectivity index (χ1v) is 8.81. The van der Waals surface area contributed by atoms with Crippen LogP contribution in [0.4, 0.5) is 18.9 Å². The van der Waals surface area contributed by atoms with E-state index in [1.54, 1.807) is 36.5 Å². The molecule has 1 saturated carbocycles. The maximum absolute atomic E-state index is 13.8. The second-order valence-electron chi connectivity index (χ2n) is 6.76. The number of hydrogen-bond acceptors (Lipinski definition) is 3. The molecule has 0 unspecified atom stereocenters. The van der Waals surface area contributed by atoms with Crippen LogP contribution >= 0.6 is 0 Å². The van der Waals surface area contributed by atoms with Gasteiger partial charge in [0.25, 0.3) is 5.91 Å². The summed E-state index contributed by atoms with van der Waals surface area (Å²) in [6.45, 7) is 0. The van der Waals surface area contributed by atoms with Gasteiger partial charge in [-0.25, -0.2) is 0 Å². The van der Waals surface area contributed by atoms with Gasteiger partial charge in [-0.2, -0.15) is 18.3 Å². The van der Waals surface area contributed by atoms with Crippen molar-refractivity contribution in [2.45, 2.75) is 24.9 Å². The van der Waals surface area contributed by atoms with E-state index in [2.05, 4.69) is 15.4 Å². The fourth-order valence-corrected chi connectivity index (χ4v) is 3.17. The standard InChI is InChI=1S/C20H17F3N4O/c1-27-18(19(28)25-14-9-10-24-15(11-14)12-7-8-12)16(20(21,22)23)17(26-27)13-5-3-2-4-6-13/h2-6,9-12H,7-8H2,1H3,(H,24,25,28). The van der Waals surface area contributed by atoms with Gasteiger partial charge in [-0.3, -0.25) is 14.5 Å². The lowest BCUT2D eigenvalue weighted by atomic mass is 10.0. The Labute approximate surface area is 159 Å². The van der Waals surface area contributed by atoms with E-state index in [1.807, 2.05) is 0 Å². The van der Waals surface area contributed by atoms with Gasteiger partial charge in [-0.1, -0.05) is 30.3 Å². The van der Waals surface area contributed by atoms with Gasteiger partial charge < -0.3 is 5.32 Å². The molecule has 1 aliphatic rings. The fourth-order valence-electron chi connectivity index (χ4n) is 3.17. The van der Waals surface area contributed by atoms with Gasteiger partial charge in [0.05, 0.1) is 0 Å². The summed E-state index contributed by atoms with van der Waals surface area (Å²) in [5.74, 6) is -0.499. The third-order valence-corrected chi connectivity index (χ3v) is 4.63. The predicted octanol–water partition coefficient (Wildman–Crippen LogP) is 4.63. The van der Waals surface area contributed by atoms with Crippen molar-refractivity contribution in [1.82, 2.24) is 14.8 Å². The highest BCUT2D eigenvalue weighted by atomic mass is 19.4. The van der Waals surface area contributed by atoms with Gasteiger partial charge in [0.1, 0.15) is 17.0 Å². The highest BCUT2D eigenvalue weighted by Crippen LogP contribution is 2.40. The first kappa shape index (κ1) is 18.2. The second-order valence-corrected chi connectivity index (χ2v) is 6.76. The van der Waals surface area contributed by atoms with E-state index in [-0.39, 0.29) is 5.69 Å². The summed E-state index contributed by atoms with van der Waals surface area (Å²) in [5.41, 5.74) is -0.300. The number of carbonyl (C=O) groups is 1. The number of nitrogens with one attached hydrogen (secondary N) is 1. The molecule has 1 N–H and O–H groups in total. The van der Waals surface area contributed by atoms with E-state index in [4.69, 9.17) is 0 Å². The number of carbonyl (C=O) groups excluding carboxylic acids is 1. The molecule has 0 bridgehead atoms. The zero-order chi connectivity index (χ0) is 19.9. The molecule has 0 radical (unpaired) electrons. The number of hydrogen-bond donors (Lipinski definition) is 1.